The molecule has 1 heterocycles. The molecule has 0 aliphatic heterocycles. The Balaban J connectivity index is 0.00000264. The Morgan fingerprint density at radius 1 is 1.30 bits per heavy atom. The minimum absolute atomic E-state index is 0. The van der Waals surface area contributed by atoms with Crippen LogP contribution in [0.5, 0.6) is 0 Å². The highest BCUT2D eigenvalue weighted by molar-refractivity contribution is 5.99. The Bertz CT molecular complexity index is 768. The zero-order chi connectivity index (χ0) is 16.5. The third-order valence-corrected chi connectivity index (χ3v) is 3.85. The number of halogens is 1. The van der Waals surface area contributed by atoms with Crippen LogP contribution in [0.2, 0.25) is 0 Å². The largest absolute Gasteiger partial charge is 0.422 e. The maximum Gasteiger partial charge on any atom is 0.349 e. The number of carbonyl (C=O) groups excluding carboxylic acids is 1. The van der Waals surface area contributed by atoms with Crippen LogP contribution in [0.1, 0.15) is 29.8 Å². The van der Waals surface area contributed by atoms with Gasteiger partial charge < -0.3 is 15.1 Å². The second kappa shape index (κ2) is 7.15. The molecule has 0 bridgehead atoms. The van der Waals surface area contributed by atoms with Gasteiger partial charge in [-0.25, -0.2) is 4.79 Å². The average molecular weight is 339 g/mol. The number of carbonyl (C=O) groups is 1. The molecule has 0 atom stereocenters. The Labute approximate surface area is 141 Å². The molecule has 0 radical (unpaired) electrons. The Morgan fingerprint density at radius 2 is 1.91 bits per heavy atom. The summed E-state index contributed by atoms with van der Waals surface area (Å²) in [6, 6.07) is 7.21. The zero-order valence-electron chi connectivity index (χ0n) is 13.9. The fourth-order valence-corrected chi connectivity index (χ4v) is 2.52. The SMILES string of the molecule is Cc1c(C(=O)N(C)CC(C)(C)CN)c(=O)oc2ccccc12.Cl. The molecule has 126 valence electrons. The van der Waals surface area contributed by atoms with Gasteiger partial charge in [0.1, 0.15) is 11.1 Å². The normalized spacial score (nSPS) is 11.2. The van der Waals surface area contributed by atoms with Gasteiger partial charge in [-0.3, -0.25) is 4.79 Å². The van der Waals surface area contributed by atoms with Crippen molar-refractivity contribution in [3.05, 3.63) is 45.8 Å². The van der Waals surface area contributed by atoms with Crippen molar-refractivity contribution in [1.82, 2.24) is 4.90 Å². The first kappa shape index (κ1) is 19.2. The number of fused-ring (bicyclic) bond motifs is 1. The molecule has 0 aliphatic carbocycles. The van der Waals surface area contributed by atoms with Crippen molar-refractivity contribution in [3.8, 4) is 0 Å². The lowest BCUT2D eigenvalue weighted by atomic mass is 9.93. The number of amides is 1. The van der Waals surface area contributed by atoms with E-state index in [2.05, 4.69) is 0 Å². The van der Waals surface area contributed by atoms with E-state index >= 15 is 0 Å². The van der Waals surface area contributed by atoms with E-state index in [-0.39, 0.29) is 29.3 Å². The monoisotopic (exact) mass is 338 g/mol. The molecule has 0 spiro atoms. The van der Waals surface area contributed by atoms with Crippen molar-refractivity contribution in [2.45, 2.75) is 20.8 Å². The van der Waals surface area contributed by atoms with Gasteiger partial charge in [0.05, 0.1) is 0 Å². The van der Waals surface area contributed by atoms with Crippen LogP contribution in [0, 0.1) is 12.3 Å². The molecule has 5 nitrogen and oxygen atoms in total. The predicted octanol–water partition coefficient (Wildman–Crippen LogP) is 2.58. The molecular formula is C17H23ClN2O3. The number of nitrogens with zero attached hydrogens (tertiary/aromatic N) is 1. The number of rotatable bonds is 4. The first-order valence-electron chi connectivity index (χ1n) is 7.25. The lowest BCUT2D eigenvalue weighted by Crippen LogP contribution is -2.41. The van der Waals surface area contributed by atoms with Gasteiger partial charge in [-0.1, -0.05) is 32.0 Å². The van der Waals surface area contributed by atoms with Gasteiger partial charge in [0.25, 0.3) is 5.91 Å². The zero-order valence-corrected chi connectivity index (χ0v) is 14.7. The van der Waals surface area contributed by atoms with Crippen molar-refractivity contribution in [2.24, 2.45) is 11.1 Å². The number of nitrogens with two attached hydrogens (primary N) is 1. The molecule has 2 N–H and O–H groups in total. The number of para-hydroxylation sites is 1. The van der Waals surface area contributed by atoms with E-state index in [9.17, 15) is 9.59 Å². The lowest BCUT2D eigenvalue weighted by molar-refractivity contribution is 0.0735. The first-order chi connectivity index (χ1) is 10.3. The van der Waals surface area contributed by atoms with E-state index in [1.54, 1.807) is 26.1 Å². The molecule has 0 saturated carbocycles. The van der Waals surface area contributed by atoms with Crippen molar-refractivity contribution < 1.29 is 9.21 Å². The Kier molecular flexibility index (Phi) is 5.97. The number of hydrogen-bond donors (Lipinski definition) is 1. The Hall–Kier alpha value is -1.85. The standard InChI is InChI=1S/C17H22N2O3.ClH/c1-11-12-7-5-6-8-13(12)22-16(21)14(11)15(20)19(4)10-17(2,3)9-18;/h5-8H,9-10,18H2,1-4H3;1H. The summed E-state index contributed by atoms with van der Waals surface area (Å²) in [5.74, 6) is -0.335. The van der Waals surface area contributed by atoms with Crippen LogP contribution >= 0.6 is 12.4 Å². The molecule has 23 heavy (non-hydrogen) atoms. The van der Waals surface area contributed by atoms with Gasteiger partial charge in [-0.05, 0) is 30.5 Å². The molecule has 0 unspecified atom stereocenters. The fraction of sp³-hybridized carbons (Fsp3) is 0.412. The lowest BCUT2D eigenvalue weighted by Gasteiger charge is -2.29. The molecule has 0 saturated heterocycles. The molecule has 2 aromatic rings. The van der Waals surface area contributed by atoms with Crippen LogP contribution < -0.4 is 11.4 Å². The van der Waals surface area contributed by atoms with Crippen molar-refractivity contribution in [3.63, 3.8) is 0 Å². The van der Waals surface area contributed by atoms with E-state index in [1.807, 2.05) is 26.0 Å². The first-order valence-corrected chi connectivity index (χ1v) is 7.25. The van der Waals surface area contributed by atoms with Gasteiger partial charge in [0.15, 0.2) is 0 Å². The molecule has 1 amide bonds. The molecule has 1 aromatic carbocycles. The van der Waals surface area contributed by atoms with Crippen LogP contribution in [0.25, 0.3) is 11.0 Å². The maximum absolute atomic E-state index is 12.6. The van der Waals surface area contributed by atoms with Crippen LogP contribution in [-0.4, -0.2) is 30.9 Å². The van der Waals surface area contributed by atoms with E-state index in [0.717, 1.165) is 5.39 Å². The van der Waals surface area contributed by atoms with E-state index in [4.69, 9.17) is 10.2 Å². The summed E-state index contributed by atoms with van der Waals surface area (Å²) >= 11 is 0. The van der Waals surface area contributed by atoms with Crippen molar-refractivity contribution in [1.29, 1.82) is 0 Å². The van der Waals surface area contributed by atoms with Crippen molar-refractivity contribution >= 4 is 29.3 Å². The van der Waals surface area contributed by atoms with Crippen LogP contribution in [-0.2, 0) is 0 Å². The molecule has 1 aromatic heterocycles. The highest BCUT2D eigenvalue weighted by Crippen LogP contribution is 2.21. The highest BCUT2D eigenvalue weighted by Gasteiger charge is 2.26. The number of hydrogen-bond acceptors (Lipinski definition) is 4. The average Bonchev–Trinajstić information content (AvgIpc) is 2.46. The summed E-state index contributed by atoms with van der Waals surface area (Å²) < 4.78 is 5.27. The fourth-order valence-electron chi connectivity index (χ4n) is 2.52. The van der Waals surface area contributed by atoms with Gasteiger partial charge in [0.2, 0.25) is 0 Å². The maximum atomic E-state index is 12.6. The summed E-state index contributed by atoms with van der Waals surface area (Å²) in [7, 11) is 1.67. The van der Waals surface area contributed by atoms with Crippen LogP contribution in [0.3, 0.4) is 0 Å². The van der Waals surface area contributed by atoms with Gasteiger partial charge in [-0.15, -0.1) is 12.4 Å². The number of aryl methyl sites for hydroxylation is 1. The van der Waals surface area contributed by atoms with Gasteiger partial charge in [0, 0.05) is 19.0 Å². The van der Waals surface area contributed by atoms with E-state index in [1.165, 1.54) is 4.90 Å². The summed E-state index contributed by atoms with van der Waals surface area (Å²) in [5.41, 5.74) is 6.13. The van der Waals surface area contributed by atoms with Crippen LogP contribution in [0.15, 0.2) is 33.5 Å². The quantitative estimate of drug-likeness (QED) is 0.869. The third kappa shape index (κ3) is 3.92. The third-order valence-electron chi connectivity index (χ3n) is 3.85. The molecular weight excluding hydrogens is 316 g/mol. The molecule has 6 heteroatoms. The summed E-state index contributed by atoms with van der Waals surface area (Å²) in [6.45, 7) is 6.65. The van der Waals surface area contributed by atoms with Crippen LogP contribution in [0.4, 0.5) is 0 Å². The minimum atomic E-state index is -0.599. The molecule has 2 rings (SSSR count). The van der Waals surface area contributed by atoms with Gasteiger partial charge >= 0.3 is 5.63 Å². The summed E-state index contributed by atoms with van der Waals surface area (Å²) in [5, 5.41) is 0.775. The van der Waals surface area contributed by atoms with E-state index < -0.39 is 5.63 Å². The topological polar surface area (TPSA) is 76.5 Å². The summed E-state index contributed by atoms with van der Waals surface area (Å²) in [6.07, 6.45) is 0. The summed E-state index contributed by atoms with van der Waals surface area (Å²) in [4.78, 5) is 26.4. The second-order valence-electron chi connectivity index (χ2n) is 6.42. The second-order valence-corrected chi connectivity index (χ2v) is 6.42. The number of benzene rings is 1. The highest BCUT2D eigenvalue weighted by atomic mass is 35.5. The van der Waals surface area contributed by atoms with E-state index in [0.29, 0.717) is 24.2 Å². The Morgan fingerprint density at radius 3 is 2.52 bits per heavy atom. The molecule has 0 fully saturated rings. The predicted molar refractivity (Wildman–Crippen MR) is 94.3 cm³/mol. The smallest absolute Gasteiger partial charge is 0.349 e. The van der Waals surface area contributed by atoms with Gasteiger partial charge in [-0.2, -0.15) is 0 Å². The van der Waals surface area contributed by atoms with Crippen molar-refractivity contribution in [2.75, 3.05) is 20.1 Å². The minimum Gasteiger partial charge on any atom is -0.422 e. The molecule has 0 aliphatic rings.